The first kappa shape index (κ1) is 13.7. The Morgan fingerprint density at radius 1 is 1.04 bits per heavy atom. The van der Waals surface area contributed by atoms with E-state index in [0.29, 0.717) is 27.5 Å². The number of thiazole rings is 1. The Kier molecular flexibility index (Phi) is 3.20. The summed E-state index contributed by atoms with van der Waals surface area (Å²) >= 11 is 1.38. The van der Waals surface area contributed by atoms with E-state index in [2.05, 4.69) is 19.9 Å². The van der Waals surface area contributed by atoms with Crippen molar-refractivity contribution in [3.05, 3.63) is 55.0 Å². The van der Waals surface area contributed by atoms with Gasteiger partial charge >= 0.3 is 0 Å². The molecule has 0 aliphatic carbocycles. The molecule has 0 spiro atoms. The number of fused-ring (bicyclic) bond motifs is 1. The zero-order valence-corrected chi connectivity index (χ0v) is 12.6. The molecule has 0 amide bonds. The van der Waals surface area contributed by atoms with Gasteiger partial charge in [0.2, 0.25) is 0 Å². The molecular weight excluding hydrogens is 313 g/mol. The van der Waals surface area contributed by atoms with Gasteiger partial charge in [-0.25, -0.2) is 19.3 Å². The Morgan fingerprint density at radius 2 is 1.87 bits per heavy atom. The highest BCUT2D eigenvalue weighted by Gasteiger charge is 2.13. The Morgan fingerprint density at radius 3 is 2.65 bits per heavy atom. The molecule has 0 unspecified atom stereocenters. The lowest BCUT2D eigenvalue weighted by atomic mass is 10.2. The molecule has 0 fully saturated rings. The van der Waals surface area contributed by atoms with E-state index < -0.39 is 0 Å². The fourth-order valence-corrected chi connectivity index (χ4v) is 3.26. The number of nitrogens with zero attached hydrogens (tertiary/aromatic N) is 4. The van der Waals surface area contributed by atoms with Crippen LogP contribution < -0.4 is 5.73 Å². The Balaban J connectivity index is 1.79. The molecule has 1 aromatic carbocycles. The lowest BCUT2D eigenvalue weighted by Gasteiger charge is -2.02. The minimum Gasteiger partial charge on any atom is -0.399 e. The van der Waals surface area contributed by atoms with Gasteiger partial charge in [0, 0.05) is 35.9 Å². The first-order chi connectivity index (χ1) is 11.2. The molecule has 4 aromatic rings. The van der Waals surface area contributed by atoms with Gasteiger partial charge in [-0.2, -0.15) is 0 Å². The molecule has 0 saturated carbocycles. The summed E-state index contributed by atoms with van der Waals surface area (Å²) in [4.78, 5) is 16.6. The summed E-state index contributed by atoms with van der Waals surface area (Å²) in [5.41, 5.74) is 8.73. The number of pyridine rings is 1. The van der Waals surface area contributed by atoms with Crippen LogP contribution >= 0.6 is 11.3 Å². The van der Waals surface area contributed by atoms with Crippen LogP contribution in [0.25, 0.3) is 32.0 Å². The summed E-state index contributed by atoms with van der Waals surface area (Å²) < 4.78 is 15.4. The molecule has 0 aliphatic heterocycles. The Bertz CT molecular complexity index is 1000. The van der Waals surface area contributed by atoms with Crippen LogP contribution in [0.15, 0.2) is 49.2 Å². The molecule has 5 nitrogen and oxygen atoms in total. The number of rotatable bonds is 2. The van der Waals surface area contributed by atoms with Gasteiger partial charge < -0.3 is 5.73 Å². The molecule has 112 valence electrons. The van der Waals surface area contributed by atoms with Gasteiger partial charge in [-0.3, -0.25) is 4.98 Å². The maximum Gasteiger partial charge on any atom is 0.137 e. The number of benzene rings is 1. The zero-order valence-electron chi connectivity index (χ0n) is 11.8. The molecule has 4 rings (SSSR count). The molecule has 0 atom stereocenters. The van der Waals surface area contributed by atoms with E-state index in [1.54, 1.807) is 18.5 Å². The average Bonchev–Trinajstić information content (AvgIpc) is 2.98. The van der Waals surface area contributed by atoms with Crippen molar-refractivity contribution < 1.29 is 4.39 Å². The van der Waals surface area contributed by atoms with Gasteiger partial charge in [0.05, 0.1) is 21.5 Å². The van der Waals surface area contributed by atoms with E-state index in [1.165, 1.54) is 29.9 Å². The number of nitrogen functional groups attached to an aromatic ring is 1. The number of aromatic nitrogens is 4. The fraction of sp³-hybridized carbons (Fsp3) is 0. The molecule has 3 heterocycles. The fourth-order valence-electron chi connectivity index (χ4n) is 2.23. The first-order valence-electron chi connectivity index (χ1n) is 6.78. The largest absolute Gasteiger partial charge is 0.399 e. The van der Waals surface area contributed by atoms with Crippen molar-refractivity contribution in [1.82, 2.24) is 19.9 Å². The molecule has 2 N–H and O–H groups in total. The van der Waals surface area contributed by atoms with E-state index in [1.807, 2.05) is 12.1 Å². The van der Waals surface area contributed by atoms with Crippen LogP contribution in [0, 0.1) is 5.82 Å². The van der Waals surface area contributed by atoms with Crippen molar-refractivity contribution in [2.75, 3.05) is 5.73 Å². The zero-order chi connectivity index (χ0) is 15.8. The smallest absolute Gasteiger partial charge is 0.137 e. The minimum atomic E-state index is -0.383. The molecule has 0 aliphatic rings. The molecule has 23 heavy (non-hydrogen) atoms. The highest BCUT2D eigenvalue weighted by molar-refractivity contribution is 7.21. The molecule has 3 aromatic heterocycles. The van der Waals surface area contributed by atoms with Gasteiger partial charge in [0.25, 0.3) is 0 Å². The number of hydrogen-bond acceptors (Lipinski definition) is 6. The number of nitrogens with two attached hydrogens (primary N) is 1. The van der Waals surface area contributed by atoms with Crippen LogP contribution in [0.3, 0.4) is 0 Å². The van der Waals surface area contributed by atoms with Gasteiger partial charge in [0.1, 0.15) is 17.2 Å². The van der Waals surface area contributed by atoms with Crippen molar-refractivity contribution in [2.24, 2.45) is 0 Å². The summed E-state index contributed by atoms with van der Waals surface area (Å²) in [5, 5.41) is 0.575. The predicted octanol–water partition coefficient (Wildman–Crippen LogP) is 3.54. The van der Waals surface area contributed by atoms with Crippen molar-refractivity contribution >= 4 is 27.2 Å². The van der Waals surface area contributed by atoms with Crippen molar-refractivity contribution in [3.8, 4) is 21.8 Å². The van der Waals surface area contributed by atoms with Crippen LogP contribution in [0.1, 0.15) is 0 Å². The van der Waals surface area contributed by atoms with E-state index in [4.69, 9.17) is 5.73 Å². The van der Waals surface area contributed by atoms with E-state index in [-0.39, 0.29) is 5.82 Å². The van der Waals surface area contributed by atoms with Crippen LogP contribution in [0.5, 0.6) is 0 Å². The second-order valence-electron chi connectivity index (χ2n) is 4.92. The third kappa shape index (κ3) is 2.51. The quantitative estimate of drug-likeness (QED) is 0.571. The molecular formula is C16H10FN5S. The third-order valence-corrected chi connectivity index (χ3v) is 4.40. The maximum absolute atomic E-state index is 14.5. The van der Waals surface area contributed by atoms with E-state index >= 15 is 0 Å². The highest BCUT2D eigenvalue weighted by atomic mass is 32.1. The van der Waals surface area contributed by atoms with Gasteiger partial charge in [-0.15, -0.1) is 11.3 Å². The standard InChI is InChI=1S/C16H10FN5S/c17-12-4-14(9-5-19-8-20-6-9)21-7-11(12)16-22-13-2-1-10(18)3-15(13)23-16/h1-8H,18H2. The van der Waals surface area contributed by atoms with Crippen molar-refractivity contribution in [3.63, 3.8) is 0 Å². The highest BCUT2D eigenvalue weighted by Crippen LogP contribution is 2.33. The van der Waals surface area contributed by atoms with Crippen molar-refractivity contribution in [1.29, 1.82) is 0 Å². The minimum absolute atomic E-state index is 0.366. The van der Waals surface area contributed by atoms with Crippen LogP contribution in [0.4, 0.5) is 10.1 Å². The second kappa shape index (κ2) is 5.36. The summed E-state index contributed by atoms with van der Waals surface area (Å²) in [5.74, 6) is -0.383. The third-order valence-electron chi connectivity index (χ3n) is 3.35. The normalized spacial score (nSPS) is 11.0. The van der Waals surface area contributed by atoms with Gasteiger partial charge in [0.15, 0.2) is 0 Å². The molecule has 7 heteroatoms. The predicted molar refractivity (Wildman–Crippen MR) is 88.2 cm³/mol. The first-order valence-corrected chi connectivity index (χ1v) is 7.60. The number of halogens is 1. The summed E-state index contributed by atoms with van der Waals surface area (Å²) in [6, 6.07) is 6.80. The monoisotopic (exact) mass is 323 g/mol. The summed E-state index contributed by atoms with van der Waals surface area (Å²) in [7, 11) is 0. The second-order valence-corrected chi connectivity index (χ2v) is 5.95. The van der Waals surface area contributed by atoms with Crippen LogP contribution in [-0.4, -0.2) is 19.9 Å². The van der Waals surface area contributed by atoms with E-state index in [9.17, 15) is 4.39 Å². The summed E-state index contributed by atoms with van der Waals surface area (Å²) in [6.07, 6.45) is 6.09. The van der Waals surface area contributed by atoms with Gasteiger partial charge in [-0.05, 0) is 18.2 Å². The lowest BCUT2D eigenvalue weighted by molar-refractivity contribution is 0.630. The molecule has 0 saturated heterocycles. The summed E-state index contributed by atoms with van der Waals surface area (Å²) in [6.45, 7) is 0. The average molecular weight is 323 g/mol. The molecule has 0 bridgehead atoms. The number of hydrogen-bond donors (Lipinski definition) is 1. The Labute approximate surface area is 134 Å². The Hall–Kier alpha value is -2.93. The number of anilines is 1. The molecule has 0 radical (unpaired) electrons. The maximum atomic E-state index is 14.5. The van der Waals surface area contributed by atoms with Crippen LogP contribution in [-0.2, 0) is 0 Å². The van der Waals surface area contributed by atoms with Crippen LogP contribution in [0.2, 0.25) is 0 Å². The van der Waals surface area contributed by atoms with Gasteiger partial charge in [-0.1, -0.05) is 0 Å². The van der Waals surface area contributed by atoms with E-state index in [0.717, 1.165) is 10.2 Å². The lowest BCUT2D eigenvalue weighted by Crippen LogP contribution is -1.91. The topological polar surface area (TPSA) is 77.6 Å². The van der Waals surface area contributed by atoms with Crippen molar-refractivity contribution in [2.45, 2.75) is 0 Å². The SMILES string of the molecule is Nc1ccc2nc(-c3cnc(-c4cncnc4)cc3F)sc2c1.